The molecule has 2 aliphatic rings. The third-order valence-electron chi connectivity index (χ3n) is 2.63. The molecule has 1 aromatic carbocycles. The zero-order valence-electron chi connectivity index (χ0n) is 9.93. The van der Waals surface area contributed by atoms with E-state index in [4.69, 9.17) is 4.18 Å². The largest absolute Gasteiger partial charge is 0.315 e. The van der Waals surface area contributed by atoms with Gasteiger partial charge in [-0.1, -0.05) is 30.3 Å². The second-order valence-electron chi connectivity index (χ2n) is 3.97. The highest BCUT2D eigenvalue weighted by Gasteiger charge is 2.19. The van der Waals surface area contributed by atoms with E-state index in [1.54, 1.807) is 30.3 Å². The smallest absolute Gasteiger partial charge is 0.233 e. The zero-order valence-corrected chi connectivity index (χ0v) is 10.7. The molecular formula is C14H14O3S. The topological polar surface area (TPSA) is 43.4 Å². The number of Topliss-reactive ketones (excluding diaryl/α,β-unsaturated/α-hetero) is 1. The average Bonchev–Trinajstić information content (AvgIpc) is 2.46. The van der Waals surface area contributed by atoms with Crippen molar-refractivity contribution in [2.24, 2.45) is 0 Å². The Balaban J connectivity index is 0.000000169. The minimum atomic E-state index is -0.436. The van der Waals surface area contributed by atoms with E-state index in [-0.39, 0.29) is 0 Å². The monoisotopic (exact) mass is 262 g/mol. The Morgan fingerprint density at radius 2 is 1.89 bits per heavy atom. The molecule has 0 unspecified atom stereocenters. The van der Waals surface area contributed by atoms with Gasteiger partial charge in [-0.25, -0.2) is 0 Å². The lowest BCUT2D eigenvalue weighted by atomic mass is 9.96. The van der Waals surface area contributed by atoms with E-state index in [9.17, 15) is 9.59 Å². The number of carbonyl (C=O) groups excluding carboxylic acids is 2. The number of benzene rings is 1. The highest BCUT2D eigenvalue weighted by Crippen LogP contribution is 2.16. The van der Waals surface area contributed by atoms with Gasteiger partial charge in [-0.05, 0) is 36.5 Å². The highest BCUT2D eigenvalue weighted by molar-refractivity contribution is 7.94. The van der Waals surface area contributed by atoms with Crippen molar-refractivity contribution >= 4 is 29.7 Å². The van der Waals surface area contributed by atoms with Gasteiger partial charge in [-0.3, -0.25) is 9.59 Å². The summed E-state index contributed by atoms with van der Waals surface area (Å²) in [6.45, 7) is 0.963. The second-order valence-corrected chi connectivity index (χ2v) is 4.84. The number of rotatable bonds is 0. The molecule has 0 bridgehead atoms. The quantitative estimate of drug-likeness (QED) is 0.532. The van der Waals surface area contributed by atoms with Gasteiger partial charge in [0, 0.05) is 11.3 Å². The van der Waals surface area contributed by atoms with Gasteiger partial charge < -0.3 is 4.18 Å². The van der Waals surface area contributed by atoms with Crippen molar-refractivity contribution < 1.29 is 13.8 Å². The first kappa shape index (κ1) is 13.1. The van der Waals surface area contributed by atoms with Crippen molar-refractivity contribution in [3.8, 4) is 0 Å². The molecule has 0 aromatic heterocycles. The molecule has 1 aliphatic carbocycles. The molecule has 3 rings (SSSR count). The van der Waals surface area contributed by atoms with E-state index in [1.165, 1.54) is 24.7 Å². The summed E-state index contributed by atoms with van der Waals surface area (Å²) in [6, 6.07) is 7.07. The van der Waals surface area contributed by atoms with Gasteiger partial charge in [-0.2, -0.15) is 0 Å². The Hall–Kier alpha value is -1.39. The van der Waals surface area contributed by atoms with Crippen LogP contribution in [0.3, 0.4) is 0 Å². The normalized spacial score (nSPS) is 17.8. The van der Waals surface area contributed by atoms with Crippen molar-refractivity contribution in [1.82, 2.24) is 0 Å². The lowest BCUT2D eigenvalue weighted by molar-refractivity contribution is -0.110. The molecule has 0 atom stereocenters. The molecule has 18 heavy (non-hydrogen) atoms. The van der Waals surface area contributed by atoms with Gasteiger partial charge >= 0.3 is 0 Å². The maximum Gasteiger partial charge on any atom is 0.233 e. The maximum atomic E-state index is 11.2. The van der Waals surface area contributed by atoms with Crippen molar-refractivity contribution in [2.45, 2.75) is 12.8 Å². The number of carbonyl (C=O) groups is 2. The molecule has 1 aromatic rings. The van der Waals surface area contributed by atoms with Crippen LogP contribution in [0.4, 0.5) is 0 Å². The first-order valence-corrected chi connectivity index (χ1v) is 6.80. The lowest BCUT2D eigenvalue weighted by Crippen LogP contribution is -2.15. The standard InChI is InChI=1S/C10H6O2.C4H8OS/c11-9-6-5-7-3-1-2-4-8(7)10(9)12;1-2-4-6-5-3-1/h1-6H;1-4H2. The Bertz CT molecular complexity index is 464. The molecular weight excluding hydrogens is 248 g/mol. The fourth-order valence-corrected chi connectivity index (χ4v) is 2.34. The molecule has 1 heterocycles. The number of hydrogen-bond donors (Lipinski definition) is 0. The average molecular weight is 262 g/mol. The molecule has 0 spiro atoms. The Morgan fingerprint density at radius 3 is 2.50 bits per heavy atom. The molecule has 94 valence electrons. The molecule has 1 fully saturated rings. The SMILES string of the molecule is C1CCSOC1.O=C1C=Cc2ccccc2C1=O. The van der Waals surface area contributed by atoms with Crippen LogP contribution in [0, 0.1) is 0 Å². The molecule has 0 N–H and O–H groups in total. The zero-order chi connectivity index (χ0) is 12.8. The number of hydrogen-bond acceptors (Lipinski definition) is 4. The van der Waals surface area contributed by atoms with E-state index in [2.05, 4.69) is 0 Å². The summed E-state index contributed by atoms with van der Waals surface area (Å²) in [5.41, 5.74) is 1.33. The van der Waals surface area contributed by atoms with Gasteiger partial charge in [-0.15, -0.1) is 0 Å². The predicted molar refractivity (Wildman–Crippen MR) is 72.5 cm³/mol. The van der Waals surface area contributed by atoms with Crippen LogP contribution in [-0.4, -0.2) is 23.9 Å². The van der Waals surface area contributed by atoms with Crippen molar-refractivity contribution in [3.63, 3.8) is 0 Å². The van der Waals surface area contributed by atoms with Crippen LogP contribution >= 0.6 is 12.0 Å². The van der Waals surface area contributed by atoms with E-state index < -0.39 is 11.6 Å². The lowest BCUT2D eigenvalue weighted by Gasteiger charge is -2.06. The van der Waals surface area contributed by atoms with Gasteiger partial charge in [0.05, 0.1) is 6.61 Å². The molecule has 1 aliphatic heterocycles. The number of ketones is 2. The van der Waals surface area contributed by atoms with E-state index in [1.807, 2.05) is 12.1 Å². The molecule has 0 amide bonds. The summed E-state index contributed by atoms with van der Waals surface area (Å²) in [4.78, 5) is 22.1. The summed E-state index contributed by atoms with van der Waals surface area (Å²) >= 11 is 1.59. The Kier molecular flexibility index (Phi) is 4.73. The first-order chi connectivity index (χ1) is 8.79. The summed E-state index contributed by atoms with van der Waals surface area (Å²) in [5, 5.41) is 0. The van der Waals surface area contributed by atoms with Crippen LogP contribution in [0.15, 0.2) is 30.3 Å². The van der Waals surface area contributed by atoms with Gasteiger partial charge in [0.1, 0.15) is 0 Å². The summed E-state index contributed by atoms with van der Waals surface area (Å²) in [5.74, 6) is 0.349. The number of allylic oxidation sites excluding steroid dienone is 1. The van der Waals surface area contributed by atoms with Crippen molar-refractivity contribution in [1.29, 1.82) is 0 Å². The molecule has 1 saturated heterocycles. The molecule has 0 radical (unpaired) electrons. The summed E-state index contributed by atoms with van der Waals surface area (Å²) < 4.78 is 4.99. The fraction of sp³-hybridized carbons (Fsp3) is 0.286. The maximum absolute atomic E-state index is 11.2. The van der Waals surface area contributed by atoms with Crippen molar-refractivity contribution in [3.05, 3.63) is 41.5 Å². The second kappa shape index (κ2) is 6.52. The van der Waals surface area contributed by atoms with Crippen LogP contribution in [0.2, 0.25) is 0 Å². The minimum absolute atomic E-state index is 0.409. The van der Waals surface area contributed by atoms with Gasteiger partial charge in [0.25, 0.3) is 0 Å². The van der Waals surface area contributed by atoms with E-state index in [0.29, 0.717) is 5.56 Å². The van der Waals surface area contributed by atoms with Gasteiger partial charge in [0.2, 0.25) is 11.6 Å². The first-order valence-electron chi connectivity index (χ1n) is 5.89. The summed E-state index contributed by atoms with van der Waals surface area (Å²) in [6.07, 6.45) is 5.57. The Morgan fingerprint density at radius 1 is 1.06 bits per heavy atom. The molecule has 4 heteroatoms. The van der Waals surface area contributed by atoms with Gasteiger partial charge in [0.15, 0.2) is 0 Å². The number of fused-ring (bicyclic) bond motifs is 1. The molecule has 0 saturated carbocycles. The third kappa shape index (κ3) is 3.31. The van der Waals surface area contributed by atoms with E-state index in [0.717, 1.165) is 12.2 Å². The third-order valence-corrected chi connectivity index (χ3v) is 3.42. The van der Waals surface area contributed by atoms with Crippen LogP contribution in [0.5, 0.6) is 0 Å². The van der Waals surface area contributed by atoms with Crippen LogP contribution in [0.25, 0.3) is 6.08 Å². The molecule has 3 nitrogen and oxygen atoms in total. The highest BCUT2D eigenvalue weighted by atomic mass is 32.2. The van der Waals surface area contributed by atoms with E-state index >= 15 is 0 Å². The van der Waals surface area contributed by atoms with Crippen molar-refractivity contribution in [2.75, 3.05) is 12.4 Å². The Labute approximate surface area is 110 Å². The summed E-state index contributed by atoms with van der Waals surface area (Å²) in [7, 11) is 0. The van der Waals surface area contributed by atoms with Crippen LogP contribution in [0.1, 0.15) is 28.8 Å². The fourth-order valence-electron chi connectivity index (χ4n) is 1.66. The van der Waals surface area contributed by atoms with Crippen LogP contribution in [-0.2, 0) is 8.98 Å². The van der Waals surface area contributed by atoms with Crippen LogP contribution < -0.4 is 0 Å². The minimum Gasteiger partial charge on any atom is -0.315 e. The predicted octanol–water partition coefficient (Wildman–Crippen LogP) is 2.91.